The van der Waals surface area contributed by atoms with Crippen LogP contribution in [0.3, 0.4) is 0 Å². The summed E-state index contributed by atoms with van der Waals surface area (Å²) < 4.78 is 43.3. The number of hydrogen-bond acceptors (Lipinski definition) is 5. The highest BCUT2D eigenvalue weighted by molar-refractivity contribution is 7.89. The smallest absolute Gasteiger partial charge is 0.229 e. The van der Waals surface area contributed by atoms with E-state index in [0.717, 1.165) is 0 Å². The Bertz CT molecular complexity index is 605. The van der Waals surface area contributed by atoms with Gasteiger partial charge in [-0.25, -0.2) is 17.1 Å². The molecule has 2 heterocycles. The van der Waals surface area contributed by atoms with E-state index in [1.165, 1.54) is 4.31 Å². The van der Waals surface area contributed by atoms with Gasteiger partial charge in [0.05, 0.1) is 5.75 Å². The number of sulfonamides is 1. The monoisotopic (exact) mass is 331 g/mol. The van der Waals surface area contributed by atoms with Crippen molar-refractivity contribution in [2.24, 2.45) is 5.92 Å². The predicted octanol–water partition coefficient (Wildman–Crippen LogP) is 1.89. The van der Waals surface area contributed by atoms with E-state index in [1.54, 1.807) is 6.92 Å². The average Bonchev–Trinajstić information content (AvgIpc) is 2.94. The zero-order valence-electron chi connectivity index (χ0n) is 12.7. The van der Waals surface area contributed by atoms with Gasteiger partial charge in [-0.05, 0) is 38.5 Å². The second kappa shape index (κ2) is 6.23. The largest absolute Gasteiger partial charge is 0.339 e. The molecule has 1 aromatic heterocycles. The summed E-state index contributed by atoms with van der Waals surface area (Å²) in [5.41, 5.74) is 0. The van der Waals surface area contributed by atoms with Crippen LogP contribution >= 0.6 is 0 Å². The minimum Gasteiger partial charge on any atom is -0.339 e. The third-order valence-electron chi connectivity index (χ3n) is 4.69. The third-order valence-corrected chi connectivity index (χ3v) is 6.58. The molecule has 2 fully saturated rings. The lowest BCUT2D eigenvalue weighted by Crippen LogP contribution is -2.38. The van der Waals surface area contributed by atoms with Gasteiger partial charge >= 0.3 is 0 Å². The van der Waals surface area contributed by atoms with Crippen LogP contribution in [0.5, 0.6) is 0 Å². The summed E-state index contributed by atoms with van der Waals surface area (Å²) in [7, 11) is -3.11. The second-order valence-corrected chi connectivity index (χ2v) is 8.52. The summed E-state index contributed by atoms with van der Waals surface area (Å²) in [5.74, 6) is 1.84. The van der Waals surface area contributed by atoms with Crippen molar-refractivity contribution in [2.45, 2.75) is 51.1 Å². The molecule has 124 valence electrons. The zero-order chi connectivity index (χ0) is 15.7. The van der Waals surface area contributed by atoms with Gasteiger partial charge in [-0.1, -0.05) is 5.16 Å². The van der Waals surface area contributed by atoms with Crippen molar-refractivity contribution < 1.29 is 17.3 Å². The van der Waals surface area contributed by atoms with Gasteiger partial charge in [-0.2, -0.15) is 4.98 Å². The highest BCUT2D eigenvalue weighted by Crippen LogP contribution is 2.33. The van der Waals surface area contributed by atoms with Gasteiger partial charge in [-0.15, -0.1) is 0 Å². The van der Waals surface area contributed by atoms with E-state index in [1.807, 2.05) is 0 Å². The van der Waals surface area contributed by atoms with Gasteiger partial charge in [-0.3, -0.25) is 0 Å². The molecule has 8 heteroatoms. The lowest BCUT2D eigenvalue weighted by molar-refractivity contribution is 0.129. The van der Waals surface area contributed by atoms with E-state index in [0.29, 0.717) is 62.8 Å². The van der Waals surface area contributed by atoms with Crippen LogP contribution in [0.2, 0.25) is 0 Å². The molecule has 0 radical (unpaired) electrons. The lowest BCUT2D eigenvalue weighted by atomic mass is 9.81. The number of aromatic nitrogens is 2. The first-order valence-electron chi connectivity index (χ1n) is 7.92. The van der Waals surface area contributed by atoms with Gasteiger partial charge in [0.15, 0.2) is 5.82 Å². The number of hydrogen-bond donors (Lipinski definition) is 0. The zero-order valence-corrected chi connectivity index (χ0v) is 13.6. The molecule has 0 amide bonds. The van der Waals surface area contributed by atoms with Crippen molar-refractivity contribution in [2.75, 3.05) is 18.8 Å². The summed E-state index contributed by atoms with van der Waals surface area (Å²) in [6, 6.07) is 0. The maximum Gasteiger partial charge on any atom is 0.229 e. The first-order chi connectivity index (χ1) is 10.5. The summed E-state index contributed by atoms with van der Waals surface area (Å²) >= 11 is 0. The quantitative estimate of drug-likeness (QED) is 0.823. The fourth-order valence-electron chi connectivity index (χ4n) is 3.16. The molecule has 3 rings (SSSR count). The Morgan fingerprint density at radius 1 is 1.32 bits per heavy atom. The van der Waals surface area contributed by atoms with Gasteiger partial charge in [0, 0.05) is 25.4 Å². The highest BCUT2D eigenvalue weighted by Gasteiger charge is 2.32. The second-order valence-electron chi connectivity index (χ2n) is 6.26. The van der Waals surface area contributed by atoms with E-state index < -0.39 is 16.2 Å². The van der Waals surface area contributed by atoms with Crippen LogP contribution in [-0.4, -0.2) is 47.9 Å². The molecular weight excluding hydrogens is 309 g/mol. The van der Waals surface area contributed by atoms with Crippen LogP contribution in [-0.2, 0) is 16.4 Å². The third kappa shape index (κ3) is 3.32. The van der Waals surface area contributed by atoms with Gasteiger partial charge in [0.2, 0.25) is 15.9 Å². The molecule has 0 bridgehead atoms. The number of halogens is 1. The first kappa shape index (κ1) is 15.9. The van der Waals surface area contributed by atoms with E-state index in [9.17, 15) is 12.8 Å². The SMILES string of the molecule is CCS(=O)(=O)N1CCC(c2nc(CC3CC(F)C3)no2)CC1. The molecule has 0 aromatic carbocycles. The molecule has 1 saturated carbocycles. The standard InChI is InChI=1S/C14H22FN3O3S/c1-2-22(19,20)18-5-3-11(4-6-18)14-16-13(17-21-14)9-10-7-12(15)8-10/h10-12H,2-9H2,1H3. The number of alkyl halides is 1. The van der Waals surface area contributed by atoms with E-state index >= 15 is 0 Å². The molecule has 1 saturated heterocycles. The lowest BCUT2D eigenvalue weighted by Gasteiger charge is -2.29. The Labute approximate surface area is 130 Å². The molecule has 0 unspecified atom stereocenters. The number of nitrogens with zero attached hydrogens (tertiary/aromatic N) is 3. The fourth-order valence-corrected chi connectivity index (χ4v) is 4.29. The maximum atomic E-state index is 12.8. The van der Waals surface area contributed by atoms with Crippen LogP contribution < -0.4 is 0 Å². The minimum atomic E-state index is -3.11. The molecular formula is C14H22FN3O3S. The summed E-state index contributed by atoms with van der Waals surface area (Å²) in [5, 5.41) is 3.98. The van der Waals surface area contributed by atoms with Crippen LogP contribution in [0.4, 0.5) is 4.39 Å². The summed E-state index contributed by atoms with van der Waals surface area (Å²) in [4.78, 5) is 4.42. The molecule has 0 N–H and O–H groups in total. The van der Waals surface area contributed by atoms with Gasteiger partial charge in [0.1, 0.15) is 6.17 Å². The Morgan fingerprint density at radius 3 is 2.59 bits per heavy atom. The van der Waals surface area contributed by atoms with Gasteiger partial charge < -0.3 is 4.52 Å². The summed E-state index contributed by atoms with van der Waals surface area (Å²) in [6.07, 6.45) is 2.61. The molecule has 0 spiro atoms. The Morgan fingerprint density at radius 2 is 2.00 bits per heavy atom. The van der Waals surface area contributed by atoms with Crippen molar-refractivity contribution in [3.05, 3.63) is 11.7 Å². The molecule has 22 heavy (non-hydrogen) atoms. The van der Waals surface area contributed by atoms with Crippen LogP contribution in [0.1, 0.15) is 50.2 Å². The summed E-state index contributed by atoms with van der Waals surface area (Å²) in [6.45, 7) is 2.67. The van der Waals surface area contributed by atoms with Crippen molar-refractivity contribution in [1.29, 1.82) is 0 Å². The topological polar surface area (TPSA) is 76.3 Å². The molecule has 2 aliphatic rings. The first-order valence-corrected chi connectivity index (χ1v) is 9.53. The Balaban J connectivity index is 1.54. The van der Waals surface area contributed by atoms with Crippen molar-refractivity contribution in [3.63, 3.8) is 0 Å². The van der Waals surface area contributed by atoms with Crippen molar-refractivity contribution in [1.82, 2.24) is 14.4 Å². The van der Waals surface area contributed by atoms with E-state index in [2.05, 4.69) is 10.1 Å². The van der Waals surface area contributed by atoms with Crippen LogP contribution in [0.15, 0.2) is 4.52 Å². The maximum absolute atomic E-state index is 12.8. The van der Waals surface area contributed by atoms with Crippen LogP contribution in [0.25, 0.3) is 0 Å². The van der Waals surface area contributed by atoms with E-state index in [-0.39, 0.29) is 11.7 Å². The molecule has 0 atom stereocenters. The Hall–Kier alpha value is -1.02. The molecule has 6 nitrogen and oxygen atoms in total. The number of piperidine rings is 1. The van der Waals surface area contributed by atoms with Crippen molar-refractivity contribution in [3.8, 4) is 0 Å². The fraction of sp³-hybridized carbons (Fsp3) is 0.857. The number of rotatable bonds is 5. The predicted molar refractivity (Wildman–Crippen MR) is 78.6 cm³/mol. The molecule has 1 aromatic rings. The average molecular weight is 331 g/mol. The highest BCUT2D eigenvalue weighted by atomic mass is 32.2. The van der Waals surface area contributed by atoms with Crippen LogP contribution in [0, 0.1) is 5.92 Å². The normalized spacial score (nSPS) is 27.7. The van der Waals surface area contributed by atoms with E-state index in [4.69, 9.17) is 4.52 Å². The van der Waals surface area contributed by atoms with Crippen molar-refractivity contribution >= 4 is 10.0 Å². The molecule has 1 aliphatic heterocycles. The Kier molecular flexibility index (Phi) is 4.49. The van der Waals surface area contributed by atoms with Gasteiger partial charge in [0.25, 0.3) is 0 Å². The minimum absolute atomic E-state index is 0.125. The molecule has 1 aliphatic carbocycles.